The van der Waals surface area contributed by atoms with Crippen LogP contribution in [0.15, 0.2) is 18.2 Å². The molecule has 0 bridgehead atoms. The molecule has 1 atom stereocenters. The van der Waals surface area contributed by atoms with Crippen LogP contribution in [-0.4, -0.2) is 30.6 Å². The van der Waals surface area contributed by atoms with Crippen LogP contribution in [0.25, 0.3) is 0 Å². The smallest absolute Gasteiger partial charge is 0.270 e. The van der Waals surface area contributed by atoms with Crippen LogP contribution in [0.3, 0.4) is 0 Å². The van der Waals surface area contributed by atoms with Crippen LogP contribution in [0.4, 0.5) is 11.4 Å². The summed E-state index contributed by atoms with van der Waals surface area (Å²) in [5.74, 6) is 0.646. The van der Waals surface area contributed by atoms with Crippen molar-refractivity contribution in [3.8, 4) is 0 Å². The minimum Gasteiger partial charge on any atom is -0.370 e. The Morgan fingerprint density at radius 2 is 2.29 bits per heavy atom. The molecule has 1 aromatic carbocycles. The monoisotopic (exact) mass is 403 g/mol. The van der Waals surface area contributed by atoms with Crippen LogP contribution in [0, 0.1) is 19.6 Å². The number of nitrogens with one attached hydrogen (secondary N) is 1. The second-order valence-corrected chi connectivity index (χ2v) is 7.07. The van der Waals surface area contributed by atoms with Gasteiger partial charge < -0.3 is 10.2 Å². The SMILES string of the molecule is CC(C)NCC1CCCN(c2ccc([N+](=O)[O-])cc2I)C1. The number of piperidine rings is 1. The van der Waals surface area contributed by atoms with E-state index in [2.05, 4.69) is 46.7 Å². The van der Waals surface area contributed by atoms with E-state index in [9.17, 15) is 10.1 Å². The molecule has 5 nitrogen and oxygen atoms in total. The Bertz CT molecular complexity index is 508. The van der Waals surface area contributed by atoms with Crippen molar-refractivity contribution in [3.05, 3.63) is 31.9 Å². The number of nitrogens with zero attached hydrogens (tertiary/aromatic N) is 2. The topological polar surface area (TPSA) is 58.4 Å². The van der Waals surface area contributed by atoms with E-state index in [1.165, 1.54) is 12.8 Å². The molecule has 0 aliphatic carbocycles. The molecular weight excluding hydrogens is 381 g/mol. The lowest BCUT2D eigenvalue weighted by Crippen LogP contribution is -2.41. The Labute approximate surface area is 139 Å². The highest BCUT2D eigenvalue weighted by Crippen LogP contribution is 2.30. The van der Waals surface area contributed by atoms with E-state index in [0.717, 1.165) is 28.9 Å². The number of hydrogen-bond donors (Lipinski definition) is 1. The van der Waals surface area contributed by atoms with Gasteiger partial charge in [-0.1, -0.05) is 13.8 Å². The Morgan fingerprint density at radius 1 is 1.52 bits per heavy atom. The number of rotatable bonds is 5. The Hall–Kier alpha value is -0.890. The maximum Gasteiger partial charge on any atom is 0.270 e. The van der Waals surface area contributed by atoms with Gasteiger partial charge in [-0.3, -0.25) is 10.1 Å². The summed E-state index contributed by atoms with van der Waals surface area (Å²) in [6.07, 6.45) is 2.43. The highest BCUT2D eigenvalue weighted by atomic mass is 127. The predicted molar refractivity (Wildman–Crippen MR) is 93.9 cm³/mol. The number of anilines is 1. The van der Waals surface area contributed by atoms with Crippen LogP contribution in [0.2, 0.25) is 0 Å². The maximum absolute atomic E-state index is 10.8. The van der Waals surface area contributed by atoms with Gasteiger partial charge in [0.2, 0.25) is 0 Å². The summed E-state index contributed by atoms with van der Waals surface area (Å²) in [7, 11) is 0. The number of hydrogen-bond acceptors (Lipinski definition) is 4. The summed E-state index contributed by atoms with van der Waals surface area (Å²) in [6.45, 7) is 7.43. The summed E-state index contributed by atoms with van der Waals surface area (Å²) in [5, 5.41) is 14.3. The quantitative estimate of drug-likeness (QED) is 0.465. The first kappa shape index (κ1) is 16.5. The Morgan fingerprint density at radius 3 is 2.90 bits per heavy atom. The number of halogens is 1. The molecular formula is C15H22IN3O2. The third-order valence-electron chi connectivity index (χ3n) is 3.82. The standard InChI is InChI=1S/C15H22IN3O2/c1-11(2)17-9-12-4-3-7-18(10-12)15-6-5-13(19(20)21)8-14(15)16/h5-6,8,11-12,17H,3-4,7,9-10H2,1-2H3. The summed E-state index contributed by atoms with van der Waals surface area (Å²) < 4.78 is 0.958. The van der Waals surface area contributed by atoms with Gasteiger partial charge in [-0.05, 0) is 54.0 Å². The fourth-order valence-corrected chi connectivity index (χ4v) is 3.56. The van der Waals surface area contributed by atoms with E-state index >= 15 is 0 Å². The normalized spacial score (nSPS) is 19.0. The van der Waals surface area contributed by atoms with Crippen molar-refractivity contribution in [1.29, 1.82) is 0 Å². The van der Waals surface area contributed by atoms with Gasteiger partial charge in [-0.25, -0.2) is 0 Å². The summed E-state index contributed by atoms with van der Waals surface area (Å²) in [5.41, 5.74) is 1.29. The molecule has 1 aliphatic rings. The molecule has 0 aromatic heterocycles. The molecule has 0 amide bonds. The molecule has 1 aromatic rings. The zero-order valence-electron chi connectivity index (χ0n) is 12.5. The number of nitro benzene ring substituents is 1. The highest BCUT2D eigenvalue weighted by molar-refractivity contribution is 14.1. The van der Waals surface area contributed by atoms with Gasteiger partial charge in [0.1, 0.15) is 0 Å². The zero-order chi connectivity index (χ0) is 15.4. The van der Waals surface area contributed by atoms with E-state index in [1.807, 2.05) is 6.07 Å². The molecule has 21 heavy (non-hydrogen) atoms. The summed E-state index contributed by atoms with van der Waals surface area (Å²) >= 11 is 2.20. The van der Waals surface area contributed by atoms with Crippen molar-refractivity contribution >= 4 is 34.0 Å². The van der Waals surface area contributed by atoms with Gasteiger partial charge in [0, 0.05) is 34.8 Å². The molecule has 1 aliphatic heterocycles. The fourth-order valence-electron chi connectivity index (χ4n) is 2.72. The fraction of sp³-hybridized carbons (Fsp3) is 0.600. The number of benzene rings is 1. The molecule has 1 heterocycles. The van der Waals surface area contributed by atoms with Crippen molar-refractivity contribution in [1.82, 2.24) is 5.32 Å². The summed E-state index contributed by atoms with van der Waals surface area (Å²) in [6, 6.07) is 5.66. The molecule has 1 fully saturated rings. The molecule has 116 valence electrons. The van der Waals surface area contributed by atoms with Crippen LogP contribution in [-0.2, 0) is 0 Å². The lowest BCUT2D eigenvalue weighted by Gasteiger charge is -2.35. The van der Waals surface area contributed by atoms with E-state index in [1.54, 1.807) is 12.1 Å². The van der Waals surface area contributed by atoms with E-state index < -0.39 is 0 Å². The van der Waals surface area contributed by atoms with Crippen molar-refractivity contribution in [2.24, 2.45) is 5.92 Å². The van der Waals surface area contributed by atoms with E-state index in [0.29, 0.717) is 12.0 Å². The highest BCUT2D eigenvalue weighted by Gasteiger charge is 2.22. The van der Waals surface area contributed by atoms with E-state index in [-0.39, 0.29) is 10.6 Å². The minimum atomic E-state index is -0.336. The first-order valence-electron chi connectivity index (χ1n) is 7.39. The molecule has 1 unspecified atom stereocenters. The second kappa shape index (κ2) is 7.40. The third kappa shape index (κ3) is 4.54. The lowest BCUT2D eigenvalue weighted by atomic mass is 9.97. The maximum atomic E-state index is 10.8. The van der Waals surface area contributed by atoms with Gasteiger partial charge in [-0.2, -0.15) is 0 Å². The molecule has 2 rings (SSSR count). The minimum absolute atomic E-state index is 0.165. The summed E-state index contributed by atoms with van der Waals surface area (Å²) in [4.78, 5) is 12.8. The Kier molecular flexibility index (Phi) is 5.80. The van der Waals surface area contributed by atoms with Crippen molar-refractivity contribution in [3.63, 3.8) is 0 Å². The van der Waals surface area contributed by atoms with Crippen LogP contribution in [0.5, 0.6) is 0 Å². The molecule has 0 saturated carbocycles. The first-order chi connectivity index (χ1) is 9.97. The van der Waals surface area contributed by atoms with Gasteiger partial charge in [0.05, 0.1) is 10.6 Å². The van der Waals surface area contributed by atoms with Crippen molar-refractivity contribution < 1.29 is 4.92 Å². The predicted octanol–water partition coefficient (Wildman–Crippen LogP) is 3.41. The average Bonchev–Trinajstić information content (AvgIpc) is 2.45. The van der Waals surface area contributed by atoms with Crippen LogP contribution < -0.4 is 10.2 Å². The van der Waals surface area contributed by atoms with Gasteiger partial charge in [-0.15, -0.1) is 0 Å². The number of non-ortho nitro benzene ring substituents is 1. The van der Waals surface area contributed by atoms with Gasteiger partial charge >= 0.3 is 0 Å². The molecule has 6 heteroatoms. The molecule has 1 saturated heterocycles. The lowest BCUT2D eigenvalue weighted by molar-refractivity contribution is -0.384. The van der Waals surface area contributed by atoms with Gasteiger partial charge in [0.25, 0.3) is 5.69 Å². The van der Waals surface area contributed by atoms with E-state index in [4.69, 9.17) is 0 Å². The van der Waals surface area contributed by atoms with Crippen molar-refractivity contribution in [2.45, 2.75) is 32.7 Å². The zero-order valence-corrected chi connectivity index (χ0v) is 14.7. The van der Waals surface area contributed by atoms with Crippen molar-refractivity contribution in [2.75, 3.05) is 24.5 Å². The third-order valence-corrected chi connectivity index (χ3v) is 4.68. The Balaban J connectivity index is 2.05. The van der Waals surface area contributed by atoms with Crippen LogP contribution >= 0.6 is 22.6 Å². The first-order valence-corrected chi connectivity index (χ1v) is 8.47. The molecule has 0 spiro atoms. The van der Waals surface area contributed by atoms with Crippen LogP contribution in [0.1, 0.15) is 26.7 Å². The largest absolute Gasteiger partial charge is 0.370 e. The number of nitro groups is 1. The average molecular weight is 403 g/mol. The van der Waals surface area contributed by atoms with Gasteiger partial charge in [0.15, 0.2) is 0 Å². The molecule has 0 radical (unpaired) electrons. The second-order valence-electron chi connectivity index (χ2n) is 5.91. The molecule has 1 N–H and O–H groups in total.